The molecule has 0 bridgehead atoms. The number of sulfonamides is 1. The number of carboxylic acids is 1. The van der Waals surface area contributed by atoms with Crippen LogP contribution < -0.4 is 14.2 Å². The molecule has 1 aromatic heterocycles. The third kappa shape index (κ3) is 5.61. The van der Waals surface area contributed by atoms with Gasteiger partial charge in [-0.2, -0.15) is 0 Å². The summed E-state index contributed by atoms with van der Waals surface area (Å²) in [5.41, 5.74) is 1.55. The summed E-state index contributed by atoms with van der Waals surface area (Å²) in [5.74, 6) is -0.130. The van der Waals surface area contributed by atoms with Crippen molar-refractivity contribution < 1.29 is 27.8 Å². The number of nitrogens with one attached hydrogen (secondary N) is 1. The monoisotopic (exact) mass is 522 g/mol. The van der Waals surface area contributed by atoms with Crippen LogP contribution in [0, 0.1) is 0 Å². The number of benzene rings is 2. The van der Waals surface area contributed by atoms with E-state index in [0.717, 1.165) is 11.1 Å². The maximum Gasteiger partial charge on any atom is 0.341 e. The van der Waals surface area contributed by atoms with Crippen LogP contribution >= 0.6 is 23.2 Å². The molecule has 0 aliphatic heterocycles. The Labute approximate surface area is 206 Å². The van der Waals surface area contributed by atoms with Crippen molar-refractivity contribution in [3.05, 3.63) is 75.9 Å². The second kappa shape index (κ2) is 10.2. The summed E-state index contributed by atoms with van der Waals surface area (Å²) in [6.07, 6.45) is 3.12. The third-order valence-corrected chi connectivity index (χ3v) is 7.20. The third-order valence-electron chi connectivity index (χ3n) is 5.23. The van der Waals surface area contributed by atoms with E-state index < -0.39 is 28.6 Å². The Morgan fingerprint density at radius 2 is 1.94 bits per heavy atom. The molecule has 0 saturated carbocycles. The van der Waals surface area contributed by atoms with Gasteiger partial charge in [-0.15, -0.1) is 0 Å². The van der Waals surface area contributed by atoms with E-state index in [0.29, 0.717) is 35.8 Å². The Bertz CT molecular complexity index is 1320. The fourth-order valence-corrected chi connectivity index (χ4v) is 5.33. The zero-order valence-electron chi connectivity index (χ0n) is 17.7. The summed E-state index contributed by atoms with van der Waals surface area (Å²) in [5, 5.41) is 9.48. The van der Waals surface area contributed by atoms with Crippen molar-refractivity contribution in [1.29, 1.82) is 0 Å². The Morgan fingerprint density at radius 3 is 2.65 bits per heavy atom. The number of pyridine rings is 1. The van der Waals surface area contributed by atoms with Crippen molar-refractivity contribution in [1.82, 2.24) is 9.71 Å². The van der Waals surface area contributed by atoms with E-state index in [1.54, 1.807) is 36.4 Å². The van der Waals surface area contributed by atoms with Gasteiger partial charge in [0, 0.05) is 11.1 Å². The average Bonchev–Trinajstić information content (AvgIpc) is 2.80. The number of aromatic nitrogens is 1. The van der Waals surface area contributed by atoms with Gasteiger partial charge in [0.25, 0.3) is 0 Å². The van der Waals surface area contributed by atoms with E-state index in [2.05, 4.69) is 9.71 Å². The molecule has 0 amide bonds. The highest BCUT2D eigenvalue weighted by Gasteiger charge is 2.28. The quantitative estimate of drug-likeness (QED) is 0.427. The highest BCUT2D eigenvalue weighted by Crippen LogP contribution is 2.37. The number of hydrogen-bond acceptors (Lipinski definition) is 6. The summed E-state index contributed by atoms with van der Waals surface area (Å²) in [7, 11) is -3.96. The Kier molecular flexibility index (Phi) is 7.27. The van der Waals surface area contributed by atoms with Crippen LogP contribution in [0.15, 0.2) is 59.6 Å². The summed E-state index contributed by atoms with van der Waals surface area (Å²) in [6.45, 7) is -0.471. The molecule has 1 heterocycles. The predicted molar refractivity (Wildman–Crippen MR) is 126 cm³/mol. The normalized spacial score (nSPS) is 15.4. The molecular formula is C23H20Cl2N2O6S. The van der Waals surface area contributed by atoms with Crippen molar-refractivity contribution in [3.8, 4) is 17.4 Å². The summed E-state index contributed by atoms with van der Waals surface area (Å²) < 4.78 is 39.9. The van der Waals surface area contributed by atoms with Gasteiger partial charge in [-0.1, -0.05) is 35.3 Å². The number of hydrogen-bond donors (Lipinski definition) is 2. The topological polar surface area (TPSA) is 115 Å². The molecule has 1 aliphatic carbocycles. The van der Waals surface area contributed by atoms with Gasteiger partial charge < -0.3 is 14.6 Å². The highest BCUT2D eigenvalue weighted by molar-refractivity contribution is 7.89. The number of rotatable bonds is 8. The fraction of sp³-hybridized carbons (Fsp3) is 0.217. The van der Waals surface area contributed by atoms with Gasteiger partial charge >= 0.3 is 5.97 Å². The van der Waals surface area contributed by atoms with Crippen LogP contribution in [-0.4, -0.2) is 31.1 Å². The van der Waals surface area contributed by atoms with Gasteiger partial charge in [-0.05, 0) is 66.8 Å². The van der Waals surface area contributed by atoms with Crippen LogP contribution in [0.25, 0.3) is 0 Å². The minimum Gasteiger partial charge on any atom is -0.482 e. The van der Waals surface area contributed by atoms with Crippen LogP contribution in [0.2, 0.25) is 10.0 Å². The predicted octanol–water partition coefficient (Wildman–Crippen LogP) is 5.00. The number of aliphatic carboxylic acids is 1. The van der Waals surface area contributed by atoms with Gasteiger partial charge in [0.05, 0.1) is 6.20 Å². The zero-order valence-corrected chi connectivity index (χ0v) is 20.0. The van der Waals surface area contributed by atoms with Gasteiger partial charge in [0.2, 0.25) is 15.9 Å². The van der Waals surface area contributed by atoms with Crippen LogP contribution in [0.5, 0.6) is 17.4 Å². The second-order valence-corrected chi connectivity index (χ2v) is 10.1. The molecule has 1 aliphatic rings. The molecule has 34 heavy (non-hydrogen) atoms. The van der Waals surface area contributed by atoms with Crippen molar-refractivity contribution in [2.45, 2.75) is 30.2 Å². The second-order valence-electron chi connectivity index (χ2n) is 7.59. The molecule has 0 fully saturated rings. The number of carboxylic acid groups (broad SMARTS) is 1. The summed E-state index contributed by atoms with van der Waals surface area (Å²) in [6, 6.07) is 12.5. The van der Waals surface area contributed by atoms with Crippen molar-refractivity contribution in [2.24, 2.45) is 0 Å². The molecule has 0 saturated heterocycles. The highest BCUT2D eigenvalue weighted by atomic mass is 35.5. The number of nitrogens with zero attached hydrogens (tertiary/aromatic N) is 1. The number of carbonyl (C=O) groups is 1. The SMILES string of the molecule is O=C(O)COc1cccc2c1CCCC2NS(=O)(=O)c1cnc(Oc2ccc(Cl)cc2)c(Cl)c1. The maximum atomic E-state index is 13.1. The van der Waals surface area contributed by atoms with E-state index in [1.807, 2.05) is 6.07 Å². The van der Waals surface area contributed by atoms with E-state index in [1.165, 1.54) is 12.3 Å². The molecule has 4 rings (SSSR count). The van der Waals surface area contributed by atoms with Crippen LogP contribution in [0.3, 0.4) is 0 Å². The smallest absolute Gasteiger partial charge is 0.341 e. The molecule has 11 heteroatoms. The molecule has 0 radical (unpaired) electrons. The number of ether oxygens (including phenoxy) is 2. The van der Waals surface area contributed by atoms with E-state index in [4.69, 9.17) is 37.8 Å². The first-order chi connectivity index (χ1) is 16.2. The number of fused-ring (bicyclic) bond motifs is 1. The average molecular weight is 523 g/mol. The Morgan fingerprint density at radius 1 is 1.18 bits per heavy atom. The fourth-order valence-electron chi connectivity index (χ4n) is 3.71. The molecule has 1 unspecified atom stereocenters. The van der Waals surface area contributed by atoms with Crippen LogP contribution in [-0.2, 0) is 21.2 Å². The molecule has 3 aromatic rings. The van der Waals surface area contributed by atoms with Gasteiger partial charge in [-0.3, -0.25) is 0 Å². The first kappa shape index (κ1) is 24.3. The van der Waals surface area contributed by atoms with E-state index >= 15 is 0 Å². The molecule has 2 N–H and O–H groups in total. The van der Waals surface area contributed by atoms with Gasteiger partial charge in [0.15, 0.2) is 6.61 Å². The lowest BCUT2D eigenvalue weighted by molar-refractivity contribution is -0.139. The van der Waals surface area contributed by atoms with Gasteiger partial charge in [-0.25, -0.2) is 22.9 Å². The van der Waals surface area contributed by atoms with Crippen LogP contribution in [0.4, 0.5) is 0 Å². The zero-order chi connectivity index (χ0) is 24.3. The lowest BCUT2D eigenvalue weighted by Gasteiger charge is -2.27. The standard InChI is InChI=1S/C23H20Cl2N2O6S/c24-14-7-9-15(10-8-14)33-23-19(25)11-16(12-26-23)34(30,31)27-20-5-1-4-18-17(20)3-2-6-21(18)32-13-22(28)29/h2-3,6-12,20,27H,1,4-5,13H2,(H,28,29). The van der Waals surface area contributed by atoms with E-state index in [-0.39, 0.29) is 15.8 Å². The van der Waals surface area contributed by atoms with Gasteiger partial charge in [0.1, 0.15) is 21.4 Å². The molecule has 0 spiro atoms. The molecule has 8 nitrogen and oxygen atoms in total. The Hall–Kier alpha value is -2.85. The number of halogens is 2. The molecule has 178 valence electrons. The first-order valence-electron chi connectivity index (χ1n) is 10.3. The van der Waals surface area contributed by atoms with Crippen molar-refractivity contribution in [3.63, 3.8) is 0 Å². The minimum absolute atomic E-state index is 0.0335. The molecule has 2 aromatic carbocycles. The molecule has 1 atom stereocenters. The minimum atomic E-state index is -3.96. The summed E-state index contributed by atoms with van der Waals surface area (Å²) >= 11 is 12.1. The van der Waals surface area contributed by atoms with E-state index in [9.17, 15) is 13.2 Å². The maximum absolute atomic E-state index is 13.1. The first-order valence-corrected chi connectivity index (χ1v) is 12.5. The largest absolute Gasteiger partial charge is 0.482 e. The Balaban J connectivity index is 1.54. The van der Waals surface area contributed by atoms with Crippen molar-refractivity contribution >= 4 is 39.2 Å². The summed E-state index contributed by atoms with van der Waals surface area (Å²) in [4.78, 5) is 14.8. The lowest BCUT2D eigenvalue weighted by atomic mass is 9.87. The lowest BCUT2D eigenvalue weighted by Crippen LogP contribution is -2.31. The molecular weight excluding hydrogens is 503 g/mol. The van der Waals surface area contributed by atoms with Crippen molar-refractivity contribution in [2.75, 3.05) is 6.61 Å². The van der Waals surface area contributed by atoms with Crippen LogP contribution in [0.1, 0.15) is 30.0 Å².